The Bertz CT molecular complexity index is 634. The minimum absolute atomic E-state index is 0.149. The Morgan fingerprint density at radius 1 is 0.931 bits per heavy atom. The Morgan fingerprint density at radius 3 is 1.97 bits per heavy atom. The molecule has 0 atom stereocenters. The molecule has 1 aromatic heterocycles. The van der Waals surface area contributed by atoms with Gasteiger partial charge in [-0.25, -0.2) is 0 Å². The third kappa shape index (κ3) is 11.3. The van der Waals surface area contributed by atoms with Crippen molar-refractivity contribution in [3.8, 4) is 0 Å². The molecule has 1 aromatic rings. The van der Waals surface area contributed by atoms with Crippen LogP contribution >= 0.6 is 0 Å². The summed E-state index contributed by atoms with van der Waals surface area (Å²) in [7, 11) is 0. The van der Waals surface area contributed by atoms with Crippen LogP contribution in [-0.4, -0.2) is 21.7 Å². The molecule has 162 valence electrons. The fraction of sp³-hybridized carbons (Fsp3) is 0.682. The van der Waals surface area contributed by atoms with Gasteiger partial charge in [0.25, 0.3) is 11.6 Å². The lowest BCUT2D eigenvalue weighted by atomic mass is 10.0. The summed E-state index contributed by atoms with van der Waals surface area (Å²) in [6.45, 7) is 2.24. The first-order valence-electron chi connectivity index (χ1n) is 11.0. The monoisotopic (exact) mass is 405 g/mol. The minimum atomic E-state index is -0.751. The van der Waals surface area contributed by atoms with Gasteiger partial charge in [0.05, 0.1) is 4.92 Å². The SMILES string of the molecule is CCCCCCCCCCCCCCCC(=O)NC(=O)c1ccncc1[N+](=O)[O-]. The summed E-state index contributed by atoms with van der Waals surface area (Å²) in [6.07, 6.45) is 18.4. The summed E-state index contributed by atoms with van der Waals surface area (Å²) < 4.78 is 0. The summed E-state index contributed by atoms with van der Waals surface area (Å²) in [6, 6.07) is 1.24. The van der Waals surface area contributed by atoms with Crippen molar-refractivity contribution in [2.75, 3.05) is 0 Å². The Labute approximate surface area is 173 Å². The zero-order chi connectivity index (χ0) is 21.3. The molecule has 0 aromatic carbocycles. The molecule has 0 saturated heterocycles. The highest BCUT2D eigenvalue weighted by atomic mass is 16.6. The number of unbranched alkanes of at least 4 members (excludes halogenated alkanes) is 12. The van der Waals surface area contributed by atoms with E-state index in [-0.39, 0.29) is 12.0 Å². The number of pyridine rings is 1. The Balaban J connectivity index is 2.05. The molecule has 1 rings (SSSR count). The van der Waals surface area contributed by atoms with E-state index in [1.165, 1.54) is 76.5 Å². The van der Waals surface area contributed by atoms with Gasteiger partial charge in [0, 0.05) is 12.6 Å². The molecular formula is C22H35N3O4. The highest BCUT2D eigenvalue weighted by Crippen LogP contribution is 2.16. The fourth-order valence-corrected chi connectivity index (χ4v) is 3.28. The van der Waals surface area contributed by atoms with Crippen molar-refractivity contribution in [2.45, 2.75) is 96.8 Å². The van der Waals surface area contributed by atoms with Gasteiger partial charge in [0.1, 0.15) is 11.8 Å². The van der Waals surface area contributed by atoms with Crippen LogP contribution in [0.1, 0.15) is 107 Å². The van der Waals surface area contributed by atoms with Crippen molar-refractivity contribution >= 4 is 17.5 Å². The van der Waals surface area contributed by atoms with Crippen LogP contribution in [0.15, 0.2) is 18.5 Å². The lowest BCUT2D eigenvalue weighted by Gasteiger charge is -2.05. The molecule has 2 amide bonds. The van der Waals surface area contributed by atoms with E-state index < -0.39 is 22.4 Å². The Morgan fingerprint density at radius 2 is 1.45 bits per heavy atom. The number of nitrogens with one attached hydrogen (secondary N) is 1. The second-order valence-corrected chi connectivity index (χ2v) is 7.52. The van der Waals surface area contributed by atoms with Crippen molar-refractivity contribution in [2.24, 2.45) is 0 Å². The standard InChI is InChI=1S/C22H35N3O4/c1-2-3-4-5-6-7-8-9-10-11-12-13-14-15-21(26)24-22(27)19-16-17-23-18-20(19)25(28)29/h16-18H,2-15H2,1H3,(H,24,26,27). The number of aromatic nitrogens is 1. The first kappa shape index (κ1) is 24.7. The molecule has 0 fully saturated rings. The van der Waals surface area contributed by atoms with Crippen LogP contribution in [0.4, 0.5) is 5.69 Å². The molecule has 0 bridgehead atoms. The summed E-state index contributed by atoms with van der Waals surface area (Å²) in [5.74, 6) is -1.15. The van der Waals surface area contributed by atoms with Crippen molar-refractivity contribution < 1.29 is 14.5 Å². The predicted octanol–water partition coefficient (Wildman–Crippen LogP) is 5.73. The maximum absolute atomic E-state index is 12.1. The fourth-order valence-electron chi connectivity index (χ4n) is 3.28. The second-order valence-electron chi connectivity index (χ2n) is 7.52. The van der Waals surface area contributed by atoms with Gasteiger partial charge < -0.3 is 0 Å². The molecule has 0 spiro atoms. The second kappa shape index (κ2) is 15.6. The number of carbonyl (C=O) groups excluding carboxylic acids is 2. The summed E-state index contributed by atoms with van der Waals surface area (Å²) >= 11 is 0. The summed E-state index contributed by atoms with van der Waals surface area (Å²) in [5, 5.41) is 13.1. The van der Waals surface area contributed by atoms with E-state index in [9.17, 15) is 19.7 Å². The van der Waals surface area contributed by atoms with Gasteiger partial charge >= 0.3 is 0 Å². The molecule has 0 aliphatic heterocycles. The molecular weight excluding hydrogens is 370 g/mol. The molecule has 1 heterocycles. The number of carbonyl (C=O) groups is 2. The maximum Gasteiger partial charge on any atom is 0.300 e. The number of hydrogen-bond donors (Lipinski definition) is 1. The Hall–Kier alpha value is -2.31. The normalized spacial score (nSPS) is 10.7. The van der Waals surface area contributed by atoms with E-state index in [1.807, 2.05) is 0 Å². The first-order chi connectivity index (χ1) is 14.1. The quantitative estimate of drug-likeness (QED) is 0.215. The van der Waals surface area contributed by atoms with Crippen LogP contribution in [0.3, 0.4) is 0 Å². The molecule has 7 nitrogen and oxygen atoms in total. The smallest absolute Gasteiger partial charge is 0.292 e. The van der Waals surface area contributed by atoms with Crippen LogP contribution in [0, 0.1) is 10.1 Å². The zero-order valence-electron chi connectivity index (χ0n) is 17.7. The van der Waals surface area contributed by atoms with E-state index in [2.05, 4.69) is 17.2 Å². The third-order valence-electron chi connectivity index (χ3n) is 5.00. The van der Waals surface area contributed by atoms with E-state index in [1.54, 1.807) is 0 Å². The van der Waals surface area contributed by atoms with Crippen LogP contribution in [0.2, 0.25) is 0 Å². The van der Waals surface area contributed by atoms with Gasteiger partial charge in [0.15, 0.2) is 0 Å². The number of amides is 2. The number of hydrogen-bond acceptors (Lipinski definition) is 5. The van der Waals surface area contributed by atoms with Crippen molar-refractivity contribution in [3.05, 3.63) is 34.1 Å². The van der Waals surface area contributed by atoms with Crippen molar-refractivity contribution in [3.63, 3.8) is 0 Å². The van der Waals surface area contributed by atoms with Gasteiger partial charge in [-0.15, -0.1) is 0 Å². The maximum atomic E-state index is 12.1. The molecule has 0 saturated carbocycles. The van der Waals surface area contributed by atoms with E-state index in [0.29, 0.717) is 0 Å². The number of nitrogens with zero attached hydrogens (tertiary/aromatic N) is 2. The topological polar surface area (TPSA) is 102 Å². The lowest BCUT2D eigenvalue weighted by Crippen LogP contribution is -2.30. The summed E-state index contributed by atoms with van der Waals surface area (Å²) in [5.41, 5.74) is -0.553. The van der Waals surface area contributed by atoms with Crippen molar-refractivity contribution in [1.29, 1.82) is 0 Å². The van der Waals surface area contributed by atoms with Crippen molar-refractivity contribution in [1.82, 2.24) is 10.3 Å². The van der Waals surface area contributed by atoms with Gasteiger partial charge in [-0.1, -0.05) is 84.0 Å². The van der Waals surface area contributed by atoms with Crippen LogP contribution < -0.4 is 5.32 Å². The average molecular weight is 406 g/mol. The van der Waals surface area contributed by atoms with Gasteiger partial charge in [-0.05, 0) is 12.5 Å². The van der Waals surface area contributed by atoms with Crippen LogP contribution in [0.25, 0.3) is 0 Å². The van der Waals surface area contributed by atoms with E-state index in [4.69, 9.17) is 0 Å². The third-order valence-corrected chi connectivity index (χ3v) is 5.00. The first-order valence-corrected chi connectivity index (χ1v) is 11.0. The van der Waals surface area contributed by atoms with Crippen LogP contribution in [0.5, 0.6) is 0 Å². The zero-order valence-corrected chi connectivity index (χ0v) is 17.7. The minimum Gasteiger partial charge on any atom is -0.292 e. The molecule has 0 aliphatic rings. The largest absolute Gasteiger partial charge is 0.300 e. The molecule has 0 unspecified atom stereocenters. The predicted molar refractivity (Wildman–Crippen MR) is 114 cm³/mol. The molecule has 0 radical (unpaired) electrons. The summed E-state index contributed by atoms with van der Waals surface area (Å²) in [4.78, 5) is 37.8. The van der Waals surface area contributed by atoms with Gasteiger partial charge in [-0.3, -0.25) is 30.0 Å². The molecule has 29 heavy (non-hydrogen) atoms. The average Bonchev–Trinajstić information content (AvgIpc) is 2.71. The van der Waals surface area contributed by atoms with Gasteiger partial charge in [-0.2, -0.15) is 0 Å². The van der Waals surface area contributed by atoms with E-state index in [0.717, 1.165) is 25.5 Å². The lowest BCUT2D eigenvalue weighted by molar-refractivity contribution is -0.385. The van der Waals surface area contributed by atoms with E-state index >= 15 is 0 Å². The number of rotatable bonds is 16. The number of nitro groups is 1. The van der Waals surface area contributed by atoms with Crippen LogP contribution in [-0.2, 0) is 4.79 Å². The molecule has 7 heteroatoms. The molecule has 0 aliphatic carbocycles. The molecule has 1 N–H and O–H groups in total. The number of imide groups is 1. The highest BCUT2D eigenvalue weighted by molar-refractivity contribution is 6.06. The Kier molecular flexibility index (Phi) is 13.3. The van der Waals surface area contributed by atoms with Gasteiger partial charge in [0.2, 0.25) is 5.91 Å². The highest BCUT2D eigenvalue weighted by Gasteiger charge is 2.21.